The third-order valence-electron chi connectivity index (χ3n) is 12.5. The van der Waals surface area contributed by atoms with Crippen LogP contribution in [0.3, 0.4) is 0 Å². The molecular formula is C47H58N8O9. The number of hydrogen-bond donors (Lipinski definition) is 5. The molecule has 3 aliphatic heterocycles. The number of ether oxygens (including phenoxy) is 1. The van der Waals surface area contributed by atoms with E-state index < -0.39 is 64.3 Å². The number of aryl methyl sites for hydroxylation is 1. The Balaban J connectivity index is 1.30. The molecule has 5 N–H and O–H groups in total. The van der Waals surface area contributed by atoms with Crippen LogP contribution in [-0.4, -0.2) is 131 Å². The molecule has 7 rings (SSSR count). The second-order valence-corrected chi connectivity index (χ2v) is 18.4. The van der Waals surface area contributed by atoms with Crippen LogP contribution < -0.4 is 10.7 Å². The topological polar surface area (TPSA) is 220 Å². The predicted molar refractivity (Wildman–Crippen MR) is 237 cm³/mol. The number of cyclic esters (lactones) is 1. The maximum Gasteiger partial charge on any atom is 0.355 e. The fourth-order valence-electron chi connectivity index (χ4n) is 9.42. The van der Waals surface area contributed by atoms with Crippen LogP contribution in [0.1, 0.15) is 65.0 Å². The zero-order chi connectivity index (χ0) is 46.3. The number of amides is 4. The van der Waals surface area contributed by atoms with Crippen molar-refractivity contribution in [3.63, 3.8) is 0 Å². The van der Waals surface area contributed by atoms with Crippen LogP contribution >= 0.6 is 0 Å². The lowest BCUT2D eigenvalue weighted by Crippen LogP contribution is -2.67. The molecule has 4 aromatic rings. The lowest BCUT2D eigenvalue weighted by atomic mass is 9.84. The molecule has 3 aliphatic rings. The Morgan fingerprint density at radius 1 is 1.05 bits per heavy atom. The predicted octanol–water partition coefficient (Wildman–Crippen LogP) is 3.09. The summed E-state index contributed by atoms with van der Waals surface area (Å²) in [6.07, 6.45) is 6.50. The third-order valence-corrected chi connectivity index (χ3v) is 12.5. The normalized spacial score (nSPS) is 23.0. The number of phenols is 1. The molecule has 17 heteroatoms. The minimum absolute atomic E-state index is 0.0472. The summed E-state index contributed by atoms with van der Waals surface area (Å²) in [5, 5.41) is 39.3. The lowest BCUT2D eigenvalue weighted by molar-refractivity contribution is -0.189. The Morgan fingerprint density at radius 3 is 2.47 bits per heavy atom. The molecule has 17 nitrogen and oxygen atoms in total. The molecule has 64 heavy (non-hydrogen) atoms. The first-order chi connectivity index (χ1) is 30.3. The summed E-state index contributed by atoms with van der Waals surface area (Å²) in [5.41, 5.74) is 3.33. The van der Waals surface area contributed by atoms with E-state index in [0.717, 1.165) is 49.3 Å². The van der Waals surface area contributed by atoms with Crippen LogP contribution in [0.4, 0.5) is 0 Å². The number of hydrogen-bond acceptors (Lipinski definition) is 12. The molecule has 0 spiro atoms. The van der Waals surface area contributed by atoms with Crippen LogP contribution in [0.25, 0.3) is 33.3 Å². The number of fused-ring (bicyclic) bond motifs is 6. The first kappa shape index (κ1) is 45.8. The van der Waals surface area contributed by atoms with Crippen LogP contribution in [0.15, 0.2) is 67.8 Å². The first-order valence-corrected chi connectivity index (χ1v) is 21.7. The Bertz CT molecular complexity index is 2490. The van der Waals surface area contributed by atoms with Gasteiger partial charge < -0.3 is 39.7 Å². The monoisotopic (exact) mass is 878 g/mol. The van der Waals surface area contributed by atoms with Gasteiger partial charge >= 0.3 is 5.97 Å². The summed E-state index contributed by atoms with van der Waals surface area (Å²) >= 11 is 0. The third kappa shape index (κ3) is 8.96. The summed E-state index contributed by atoms with van der Waals surface area (Å²) in [7, 11) is 1.39. The number of aromatic nitrogens is 3. The van der Waals surface area contributed by atoms with Crippen LogP contribution in [0.5, 0.6) is 5.75 Å². The van der Waals surface area contributed by atoms with E-state index in [2.05, 4.69) is 38.8 Å². The van der Waals surface area contributed by atoms with Gasteiger partial charge in [0.2, 0.25) is 17.5 Å². The number of esters is 1. The minimum Gasteiger partial charge on any atom is -0.508 e. The maximum absolute atomic E-state index is 14.7. The number of phenolic OH excluding ortho intramolecular Hbond substituents is 1. The van der Waals surface area contributed by atoms with Crippen molar-refractivity contribution in [2.75, 3.05) is 33.3 Å². The number of carbonyl (C=O) groups is 5. The molecule has 2 saturated heterocycles. The smallest absolute Gasteiger partial charge is 0.355 e. The number of rotatable bonds is 8. The highest BCUT2D eigenvalue weighted by Crippen LogP contribution is 2.40. The number of nitrogens with zero attached hydrogens (tertiary/aromatic N) is 6. The number of aliphatic hydroxyl groups is 2. The van der Waals surface area contributed by atoms with E-state index in [1.165, 1.54) is 24.3 Å². The van der Waals surface area contributed by atoms with Crippen LogP contribution in [0.2, 0.25) is 0 Å². The second-order valence-electron chi connectivity index (χ2n) is 18.4. The van der Waals surface area contributed by atoms with Gasteiger partial charge in [0.1, 0.15) is 24.2 Å². The molecule has 0 aliphatic carbocycles. The Kier molecular flexibility index (Phi) is 12.7. The first-order valence-electron chi connectivity index (χ1n) is 21.7. The number of carbonyl (C=O) groups excluding carboxylic acids is 5. The summed E-state index contributed by atoms with van der Waals surface area (Å²) in [5.74, 6) is -4.17. The second kappa shape index (κ2) is 17.8. The Morgan fingerprint density at radius 2 is 1.78 bits per heavy atom. The Labute approximate surface area is 372 Å². The standard InChI is InChI=1S/C47H58N8O9/c1-8-38(57)53-16-14-46(62,25-53)43(60)52(7)39(28(3)4)41(58)50-36-19-29-17-31(20-33(56)18-29)30-11-12-37-34(21-30)35(40(54(37)9-2)32-23-48-27-49-24-32)22-45(5,6)26-64-44(61)47(63)13-10-15-55(51-47)42(36)59/h8,11-12,17-18,20-21,23-24,27-28,36,39,51,56,62-63H,1,9-10,13-16,19,22,25-26H2,2-7H3,(H,50,58)/t36-,39-,46?,47-/m0/s1. The highest BCUT2D eigenvalue weighted by molar-refractivity contribution is 5.97. The van der Waals surface area contributed by atoms with Crippen molar-refractivity contribution in [2.24, 2.45) is 11.3 Å². The van der Waals surface area contributed by atoms with Crippen molar-refractivity contribution < 1.29 is 44.0 Å². The van der Waals surface area contributed by atoms with E-state index in [1.54, 1.807) is 32.3 Å². The molecule has 0 radical (unpaired) electrons. The molecule has 0 saturated carbocycles. The average Bonchev–Trinajstić information content (AvgIpc) is 3.81. The summed E-state index contributed by atoms with van der Waals surface area (Å²) in [6, 6.07) is 8.45. The van der Waals surface area contributed by atoms with E-state index >= 15 is 0 Å². The zero-order valence-corrected chi connectivity index (χ0v) is 37.3. The number of nitrogens with one attached hydrogen (secondary N) is 2. The number of aromatic hydroxyl groups is 1. The van der Waals surface area contributed by atoms with Crippen molar-refractivity contribution in [1.29, 1.82) is 0 Å². The van der Waals surface area contributed by atoms with Crippen LogP contribution in [0, 0.1) is 11.3 Å². The van der Waals surface area contributed by atoms with E-state index in [9.17, 15) is 39.3 Å². The summed E-state index contributed by atoms with van der Waals surface area (Å²) in [6.45, 7) is 13.4. The fourth-order valence-corrected chi connectivity index (χ4v) is 9.42. The van der Waals surface area contributed by atoms with Crippen molar-refractivity contribution in [1.82, 2.24) is 40.1 Å². The molecule has 2 aromatic carbocycles. The van der Waals surface area contributed by atoms with Gasteiger partial charge in [-0.05, 0) is 78.3 Å². The van der Waals surface area contributed by atoms with E-state index in [4.69, 9.17) is 4.74 Å². The number of likely N-dealkylation sites (N-methyl/N-ethyl adjacent to an activating group) is 1. The van der Waals surface area contributed by atoms with Gasteiger partial charge in [0, 0.05) is 80.2 Å². The molecule has 340 valence electrons. The lowest BCUT2D eigenvalue weighted by Gasteiger charge is -2.40. The molecule has 2 fully saturated rings. The van der Waals surface area contributed by atoms with Gasteiger partial charge in [-0.25, -0.2) is 14.8 Å². The van der Waals surface area contributed by atoms with Gasteiger partial charge in [-0.15, -0.1) is 0 Å². The van der Waals surface area contributed by atoms with Crippen LogP contribution in [-0.2, 0) is 48.1 Å². The van der Waals surface area contributed by atoms with E-state index in [1.807, 2.05) is 38.1 Å². The van der Waals surface area contributed by atoms with E-state index in [-0.39, 0.29) is 57.7 Å². The average molecular weight is 879 g/mol. The largest absolute Gasteiger partial charge is 0.508 e. The fraction of sp³-hybridized carbons (Fsp3) is 0.468. The SMILES string of the molecule is C=CC(=O)N1CCC(O)(C(=O)N(C)[C@H](C(=O)N[C@H]2Cc3cc(O)cc(c3)-c3ccc4c(c3)c(c(-c3cncnc3)n4CC)CC(C)(C)COC(=O)[C@@]3(O)CCCN(N3)C2=O)C(C)C)C1. The molecule has 2 aromatic heterocycles. The Hall–Kier alpha value is -6.17. The number of likely N-dealkylation sites (tertiary alicyclic amines) is 1. The number of hydrazine groups is 1. The highest BCUT2D eigenvalue weighted by Gasteiger charge is 2.49. The van der Waals surface area contributed by atoms with Gasteiger partial charge in [0.15, 0.2) is 5.60 Å². The highest BCUT2D eigenvalue weighted by atomic mass is 16.6. The molecule has 5 heterocycles. The molecule has 6 bridgehead atoms. The number of benzene rings is 2. The van der Waals surface area contributed by atoms with Crippen molar-refractivity contribution in [3.05, 3.63) is 78.9 Å². The molecular weight excluding hydrogens is 821 g/mol. The van der Waals surface area contributed by atoms with Gasteiger partial charge in [0.05, 0.1) is 18.8 Å². The molecule has 4 atom stereocenters. The summed E-state index contributed by atoms with van der Waals surface area (Å²) in [4.78, 5) is 80.3. The van der Waals surface area contributed by atoms with Crippen molar-refractivity contribution in [3.8, 4) is 28.1 Å². The molecule has 4 amide bonds. The van der Waals surface area contributed by atoms with E-state index in [0.29, 0.717) is 24.1 Å². The van der Waals surface area contributed by atoms with Crippen molar-refractivity contribution >= 4 is 40.5 Å². The molecule has 1 unspecified atom stereocenters. The van der Waals surface area contributed by atoms with Gasteiger partial charge in [-0.2, -0.15) is 5.43 Å². The zero-order valence-electron chi connectivity index (χ0n) is 37.3. The van der Waals surface area contributed by atoms with Gasteiger partial charge in [-0.1, -0.05) is 46.4 Å². The summed E-state index contributed by atoms with van der Waals surface area (Å²) < 4.78 is 8.06. The van der Waals surface area contributed by atoms with Crippen molar-refractivity contribution in [2.45, 2.75) is 96.7 Å². The minimum atomic E-state index is -2.29. The quantitative estimate of drug-likeness (QED) is 0.127. The maximum atomic E-state index is 14.7. The van der Waals surface area contributed by atoms with Gasteiger partial charge in [0.25, 0.3) is 11.8 Å². The number of β-amino-alcohol motifs (C(OH)–C–C–N with tert-alkyl or cyclic N) is 1. The van der Waals surface area contributed by atoms with Gasteiger partial charge in [-0.3, -0.25) is 24.2 Å².